The van der Waals surface area contributed by atoms with Gasteiger partial charge in [0.05, 0.1) is 24.6 Å². The van der Waals surface area contributed by atoms with Gasteiger partial charge in [-0.2, -0.15) is 5.01 Å². The second-order valence-electron chi connectivity index (χ2n) is 5.47. The Bertz CT molecular complexity index is 871. The zero-order valence-corrected chi connectivity index (χ0v) is 15.7. The van der Waals surface area contributed by atoms with E-state index < -0.39 is 0 Å². The second-order valence-corrected chi connectivity index (χ2v) is 7.55. The molecule has 7 nitrogen and oxygen atoms in total. The maximum atomic E-state index is 12.0. The highest BCUT2D eigenvalue weighted by Gasteiger charge is 2.12. The molecule has 0 aliphatic rings. The lowest BCUT2D eigenvalue weighted by Gasteiger charge is -2.06. The summed E-state index contributed by atoms with van der Waals surface area (Å²) in [5.74, 6) is 0.0849. The molecule has 2 aromatic heterocycles. The van der Waals surface area contributed by atoms with Crippen LogP contribution in [0, 0.1) is 6.92 Å². The van der Waals surface area contributed by atoms with Gasteiger partial charge in [-0.1, -0.05) is 41.6 Å². The van der Waals surface area contributed by atoms with Crippen molar-refractivity contribution in [2.75, 3.05) is 24.9 Å². The summed E-state index contributed by atoms with van der Waals surface area (Å²) in [4.78, 5) is 9.90. The van der Waals surface area contributed by atoms with Crippen LogP contribution in [-0.2, 0) is 0 Å². The number of thioether (sulfide) groups is 1. The minimum Gasteiger partial charge on any atom is -0.861 e. The summed E-state index contributed by atoms with van der Waals surface area (Å²) < 4.78 is 5.82. The van der Waals surface area contributed by atoms with Gasteiger partial charge < -0.3 is 5.11 Å². The highest BCUT2D eigenvalue weighted by atomic mass is 32.2. The Morgan fingerprint density at radius 3 is 2.80 bits per heavy atom. The Balaban J connectivity index is 1.61. The van der Waals surface area contributed by atoms with E-state index in [4.69, 9.17) is 4.52 Å². The molecule has 9 heteroatoms. The van der Waals surface area contributed by atoms with E-state index in [9.17, 15) is 5.11 Å². The van der Waals surface area contributed by atoms with Crippen LogP contribution in [0.4, 0.5) is 5.88 Å². The first-order chi connectivity index (χ1) is 12.0. The first-order valence-electron chi connectivity index (χ1n) is 7.47. The minimum atomic E-state index is -0.292. The fourth-order valence-electron chi connectivity index (χ4n) is 1.93. The lowest BCUT2D eigenvalue weighted by molar-refractivity contribution is -0.753. The fourth-order valence-corrected chi connectivity index (χ4v) is 3.55. The fraction of sp³-hybridized carbons (Fsp3) is 0.250. The van der Waals surface area contributed by atoms with Crippen molar-refractivity contribution in [2.24, 2.45) is 4.99 Å². The molecule has 130 valence electrons. The van der Waals surface area contributed by atoms with Gasteiger partial charge in [-0.25, -0.2) is 9.98 Å². The van der Waals surface area contributed by atoms with Crippen LogP contribution in [0.1, 0.15) is 5.56 Å². The molecule has 0 atom stereocenters. The standard InChI is InChI=1S/C16H17N5O2S2/c1-11-4-6-12(7-5-11)13-9-24-16(17-13)25-10-14(22)18-15-8-21(19-23-15)20(2)3/h4-9H,10H2,1-3H3. The molecule has 1 aromatic carbocycles. The molecular weight excluding hydrogens is 358 g/mol. The summed E-state index contributed by atoms with van der Waals surface area (Å²) in [6, 6.07) is 8.20. The monoisotopic (exact) mass is 375 g/mol. The number of rotatable bonds is 6. The number of aryl methyl sites for hydroxylation is 1. The van der Waals surface area contributed by atoms with E-state index in [2.05, 4.69) is 34.3 Å². The van der Waals surface area contributed by atoms with Gasteiger partial charge in [-0.15, -0.1) is 11.3 Å². The third-order valence-electron chi connectivity index (χ3n) is 3.24. The molecule has 25 heavy (non-hydrogen) atoms. The molecule has 0 bridgehead atoms. The topological polar surface area (TPSA) is 81.5 Å². The maximum Gasteiger partial charge on any atom is 0.324 e. The van der Waals surface area contributed by atoms with Gasteiger partial charge in [-0.05, 0) is 12.8 Å². The highest BCUT2D eigenvalue weighted by Crippen LogP contribution is 2.28. The number of hydrogen-bond acceptors (Lipinski definition) is 8. The van der Waals surface area contributed by atoms with Crippen molar-refractivity contribution < 1.29 is 14.4 Å². The average Bonchev–Trinajstić information content (AvgIpc) is 3.23. The summed E-state index contributed by atoms with van der Waals surface area (Å²) in [5.41, 5.74) is 3.20. The van der Waals surface area contributed by atoms with E-state index in [1.165, 1.54) is 33.5 Å². The van der Waals surface area contributed by atoms with Gasteiger partial charge in [-0.3, -0.25) is 4.52 Å². The Morgan fingerprint density at radius 2 is 2.12 bits per heavy atom. The Labute approximate surface area is 153 Å². The van der Waals surface area contributed by atoms with Crippen LogP contribution in [-0.4, -0.2) is 36.0 Å². The molecule has 2 heterocycles. The Hall–Kier alpha value is -2.39. The van der Waals surface area contributed by atoms with Crippen LogP contribution in [0.15, 0.2) is 49.7 Å². The molecule has 3 aromatic rings. The van der Waals surface area contributed by atoms with E-state index in [0.29, 0.717) is 0 Å². The van der Waals surface area contributed by atoms with Crippen molar-refractivity contribution in [3.05, 3.63) is 41.4 Å². The Kier molecular flexibility index (Phi) is 5.34. The van der Waals surface area contributed by atoms with Crippen molar-refractivity contribution in [1.82, 2.24) is 10.3 Å². The number of aromatic nitrogens is 3. The van der Waals surface area contributed by atoms with Gasteiger partial charge >= 0.3 is 5.88 Å². The van der Waals surface area contributed by atoms with Crippen LogP contribution < -0.4 is 14.9 Å². The molecule has 0 amide bonds. The summed E-state index contributed by atoms with van der Waals surface area (Å²) in [5, 5.41) is 19.4. The molecule has 0 saturated carbocycles. The summed E-state index contributed by atoms with van der Waals surface area (Å²) >= 11 is 2.88. The van der Waals surface area contributed by atoms with Gasteiger partial charge in [0.25, 0.3) is 6.20 Å². The van der Waals surface area contributed by atoms with Crippen LogP contribution in [0.2, 0.25) is 0 Å². The highest BCUT2D eigenvalue weighted by molar-refractivity contribution is 8.01. The largest absolute Gasteiger partial charge is 0.861 e. The maximum absolute atomic E-state index is 12.0. The number of benzene rings is 1. The number of nitrogens with zero attached hydrogens (tertiary/aromatic N) is 5. The Morgan fingerprint density at radius 1 is 1.36 bits per heavy atom. The normalized spacial score (nSPS) is 11.7. The molecular formula is C16H17N5O2S2. The van der Waals surface area contributed by atoms with Crippen LogP contribution in [0.3, 0.4) is 0 Å². The summed E-state index contributed by atoms with van der Waals surface area (Å²) in [6.45, 7) is 2.05. The van der Waals surface area contributed by atoms with Crippen molar-refractivity contribution >= 4 is 34.9 Å². The molecule has 0 N–H and O–H groups in total. The van der Waals surface area contributed by atoms with Crippen molar-refractivity contribution in [2.45, 2.75) is 11.3 Å². The van der Waals surface area contributed by atoms with Crippen LogP contribution in [0.5, 0.6) is 0 Å². The molecule has 3 rings (SSSR count). The van der Waals surface area contributed by atoms with Crippen LogP contribution in [0.25, 0.3) is 11.3 Å². The predicted octanol–water partition coefficient (Wildman–Crippen LogP) is 1.77. The molecule has 0 aliphatic carbocycles. The molecule has 0 unspecified atom stereocenters. The number of hydrogen-bond donors (Lipinski definition) is 0. The number of thiazole rings is 1. The molecule has 0 saturated heterocycles. The molecule has 0 spiro atoms. The number of aliphatic imine (C=N–C) groups is 1. The molecule has 0 radical (unpaired) electrons. The lowest BCUT2D eigenvalue weighted by atomic mass is 10.1. The minimum absolute atomic E-state index is 0.179. The van der Waals surface area contributed by atoms with Crippen molar-refractivity contribution in [1.29, 1.82) is 0 Å². The second kappa shape index (κ2) is 7.66. The molecule has 0 fully saturated rings. The van der Waals surface area contributed by atoms with E-state index in [-0.39, 0.29) is 17.5 Å². The van der Waals surface area contributed by atoms with Gasteiger partial charge in [0.15, 0.2) is 4.34 Å². The third-order valence-corrected chi connectivity index (χ3v) is 5.24. The van der Waals surface area contributed by atoms with Gasteiger partial charge in [0.1, 0.15) is 0 Å². The third kappa shape index (κ3) is 4.58. The summed E-state index contributed by atoms with van der Waals surface area (Å²) in [7, 11) is 3.61. The SMILES string of the molecule is Cc1ccc(-c2csc(SC/C([O-])=N/c3c[n+](N(C)C)no3)n2)cc1. The first-order valence-corrected chi connectivity index (χ1v) is 9.34. The quantitative estimate of drug-likeness (QED) is 0.283. The van der Waals surface area contributed by atoms with Crippen molar-refractivity contribution in [3.8, 4) is 11.3 Å². The van der Waals surface area contributed by atoms with Crippen molar-refractivity contribution in [3.63, 3.8) is 0 Å². The van der Waals surface area contributed by atoms with Gasteiger partial charge in [0, 0.05) is 16.7 Å². The average molecular weight is 375 g/mol. The van der Waals surface area contributed by atoms with Crippen LogP contribution >= 0.6 is 23.1 Å². The molecule has 0 aliphatic heterocycles. The predicted molar refractivity (Wildman–Crippen MR) is 96.9 cm³/mol. The van der Waals surface area contributed by atoms with E-state index in [0.717, 1.165) is 15.6 Å². The van der Waals surface area contributed by atoms with E-state index >= 15 is 0 Å². The van der Waals surface area contributed by atoms with E-state index in [1.54, 1.807) is 25.3 Å². The van der Waals surface area contributed by atoms with Gasteiger partial charge in [0.2, 0.25) is 5.27 Å². The first kappa shape index (κ1) is 17.4. The zero-order valence-electron chi connectivity index (χ0n) is 14.0. The zero-order chi connectivity index (χ0) is 17.8. The van der Waals surface area contributed by atoms with E-state index in [1.807, 2.05) is 17.5 Å². The lowest BCUT2D eigenvalue weighted by Crippen LogP contribution is -2.53. The summed E-state index contributed by atoms with van der Waals surface area (Å²) in [6.07, 6.45) is 1.54. The smallest absolute Gasteiger partial charge is 0.324 e.